The number of benzene rings is 1. The fourth-order valence-corrected chi connectivity index (χ4v) is 2.79. The molecule has 2 aromatic rings. The van der Waals surface area contributed by atoms with Gasteiger partial charge in [-0.2, -0.15) is 0 Å². The number of phenolic OH excluding ortho intramolecular Hbond substituents is 1. The molecule has 1 aromatic heterocycles. The molecule has 0 unspecified atom stereocenters. The van der Waals surface area contributed by atoms with Gasteiger partial charge >= 0.3 is 0 Å². The van der Waals surface area contributed by atoms with Gasteiger partial charge in [0.25, 0.3) is 0 Å². The maximum Gasteiger partial charge on any atom is 0.161 e. The van der Waals surface area contributed by atoms with Crippen LogP contribution in [0, 0.1) is 0 Å². The third-order valence-electron chi connectivity index (χ3n) is 3.98. The van der Waals surface area contributed by atoms with Crippen LogP contribution in [0.3, 0.4) is 0 Å². The summed E-state index contributed by atoms with van der Waals surface area (Å²) in [5.41, 5.74) is 5.21. The van der Waals surface area contributed by atoms with E-state index in [-0.39, 0.29) is 11.5 Å². The summed E-state index contributed by atoms with van der Waals surface area (Å²) in [5, 5.41) is 9.66. The summed E-state index contributed by atoms with van der Waals surface area (Å²) in [6, 6.07) is 8.93. The Hall–Kier alpha value is -2.81. The number of carbonyl (C=O) groups is 1. The highest BCUT2D eigenvalue weighted by Gasteiger charge is 2.13. The van der Waals surface area contributed by atoms with Crippen LogP contribution in [0.15, 0.2) is 55.1 Å². The van der Waals surface area contributed by atoms with Gasteiger partial charge in [-0.05, 0) is 61.3 Å². The zero-order valence-corrected chi connectivity index (χ0v) is 17.1. The summed E-state index contributed by atoms with van der Waals surface area (Å²) in [6.45, 7) is 13.8. The summed E-state index contributed by atoms with van der Waals surface area (Å²) in [6.07, 6.45) is 7.71. The standard InChI is InChI=1S/C22H25NO2.C2H6/c1-5-8-18(12-15(3)17-10-7-11-19(25)13-17)22-14-20(16(4)24)21(23-22)9-6-2;1-2/h5,7-8,10-14,23,25H,3,6,9H2,1-2,4H3;1-2H3/b8-5-,18-12+;. The number of H-pyrrole nitrogens is 1. The first-order valence-corrected chi connectivity index (χ1v) is 9.52. The summed E-state index contributed by atoms with van der Waals surface area (Å²) >= 11 is 0. The molecule has 0 aliphatic rings. The predicted octanol–water partition coefficient (Wildman–Crippen LogP) is 6.57. The lowest BCUT2D eigenvalue weighted by atomic mass is 10.0. The molecule has 0 atom stereocenters. The predicted molar refractivity (Wildman–Crippen MR) is 116 cm³/mol. The molecule has 3 heteroatoms. The van der Waals surface area contributed by atoms with Crippen LogP contribution in [0.25, 0.3) is 11.1 Å². The number of hydrogen-bond acceptors (Lipinski definition) is 2. The van der Waals surface area contributed by atoms with E-state index in [0.717, 1.165) is 46.5 Å². The van der Waals surface area contributed by atoms with Crippen molar-refractivity contribution in [3.05, 3.63) is 77.7 Å². The van der Waals surface area contributed by atoms with Crippen LogP contribution in [-0.4, -0.2) is 15.9 Å². The van der Waals surface area contributed by atoms with Crippen molar-refractivity contribution < 1.29 is 9.90 Å². The van der Waals surface area contributed by atoms with Gasteiger partial charge in [-0.25, -0.2) is 0 Å². The van der Waals surface area contributed by atoms with Gasteiger partial charge in [0.05, 0.1) is 0 Å². The zero-order chi connectivity index (χ0) is 20.4. The Balaban J connectivity index is 0.00000176. The van der Waals surface area contributed by atoms with Crippen LogP contribution in [0.1, 0.15) is 68.3 Å². The van der Waals surface area contributed by atoms with E-state index in [4.69, 9.17) is 0 Å². The molecular weight excluding hydrogens is 334 g/mol. The number of ketones is 1. The van der Waals surface area contributed by atoms with Crippen molar-refractivity contribution >= 4 is 16.9 Å². The molecule has 0 amide bonds. The number of aromatic amines is 1. The average molecular weight is 366 g/mol. The highest BCUT2D eigenvalue weighted by molar-refractivity contribution is 5.97. The van der Waals surface area contributed by atoms with E-state index in [1.54, 1.807) is 25.1 Å². The molecule has 0 fully saturated rings. The molecule has 2 N–H and O–H groups in total. The molecule has 0 spiro atoms. The summed E-state index contributed by atoms with van der Waals surface area (Å²) < 4.78 is 0. The first-order valence-electron chi connectivity index (χ1n) is 9.52. The second-order valence-corrected chi connectivity index (χ2v) is 6.06. The Morgan fingerprint density at radius 2 is 1.96 bits per heavy atom. The summed E-state index contributed by atoms with van der Waals surface area (Å²) in [5.74, 6) is 0.279. The zero-order valence-electron chi connectivity index (χ0n) is 17.1. The van der Waals surface area contributed by atoms with Crippen LogP contribution < -0.4 is 0 Å². The van der Waals surface area contributed by atoms with Crippen LogP contribution in [0.5, 0.6) is 5.75 Å². The number of aromatic hydroxyl groups is 1. The van der Waals surface area contributed by atoms with Gasteiger partial charge in [0.15, 0.2) is 5.78 Å². The molecule has 0 saturated heterocycles. The van der Waals surface area contributed by atoms with E-state index >= 15 is 0 Å². The van der Waals surface area contributed by atoms with Crippen LogP contribution in [0.2, 0.25) is 0 Å². The number of rotatable bonds is 7. The highest BCUT2D eigenvalue weighted by Crippen LogP contribution is 2.26. The van der Waals surface area contributed by atoms with Crippen LogP contribution in [0.4, 0.5) is 0 Å². The second kappa shape index (κ2) is 11.0. The molecule has 3 nitrogen and oxygen atoms in total. The molecule has 27 heavy (non-hydrogen) atoms. The Morgan fingerprint density at radius 1 is 1.26 bits per heavy atom. The summed E-state index contributed by atoms with van der Waals surface area (Å²) in [7, 11) is 0. The number of aryl methyl sites for hydroxylation is 1. The van der Waals surface area contributed by atoms with Gasteiger partial charge in [0, 0.05) is 17.0 Å². The third-order valence-corrected chi connectivity index (χ3v) is 3.98. The fraction of sp³-hybridized carbons (Fsp3) is 0.292. The minimum atomic E-state index is 0.0672. The number of phenols is 1. The van der Waals surface area contributed by atoms with E-state index in [0.29, 0.717) is 0 Å². The minimum absolute atomic E-state index is 0.0672. The van der Waals surface area contributed by atoms with E-state index in [9.17, 15) is 9.90 Å². The number of nitrogens with one attached hydrogen (secondary N) is 1. The molecule has 1 heterocycles. The molecule has 2 rings (SSSR count). The van der Waals surface area contributed by atoms with Crippen molar-refractivity contribution in [1.82, 2.24) is 4.98 Å². The second-order valence-electron chi connectivity index (χ2n) is 6.06. The van der Waals surface area contributed by atoms with Gasteiger partial charge < -0.3 is 10.1 Å². The van der Waals surface area contributed by atoms with Crippen molar-refractivity contribution in [3.8, 4) is 5.75 Å². The van der Waals surface area contributed by atoms with Crippen molar-refractivity contribution in [2.45, 2.75) is 47.5 Å². The number of allylic oxidation sites excluding steroid dienone is 5. The van der Waals surface area contributed by atoms with Gasteiger partial charge in [0.2, 0.25) is 0 Å². The lowest BCUT2D eigenvalue weighted by Crippen LogP contribution is -1.96. The quantitative estimate of drug-likeness (QED) is 0.430. The molecule has 144 valence electrons. The molecular formula is C24H31NO2. The minimum Gasteiger partial charge on any atom is -0.508 e. The molecule has 0 aliphatic heterocycles. The number of aromatic nitrogens is 1. The van der Waals surface area contributed by atoms with Crippen LogP contribution in [-0.2, 0) is 6.42 Å². The van der Waals surface area contributed by atoms with E-state index in [2.05, 4.69) is 18.5 Å². The third kappa shape index (κ3) is 6.14. The molecule has 0 bridgehead atoms. The maximum atomic E-state index is 11.9. The van der Waals surface area contributed by atoms with Crippen molar-refractivity contribution in [2.75, 3.05) is 0 Å². The van der Waals surface area contributed by atoms with E-state index in [1.807, 2.05) is 51.1 Å². The van der Waals surface area contributed by atoms with E-state index < -0.39 is 0 Å². The van der Waals surface area contributed by atoms with Crippen LogP contribution >= 0.6 is 0 Å². The maximum absolute atomic E-state index is 11.9. The Kier molecular flexibility index (Phi) is 9.07. The highest BCUT2D eigenvalue weighted by atomic mass is 16.3. The Morgan fingerprint density at radius 3 is 2.52 bits per heavy atom. The lowest BCUT2D eigenvalue weighted by Gasteiger charge is -2.05. The van der Waals surface area contributed by atoms with Crippen molar-refractivity contribution in [1.29, 1.82) is 0 Å². The van der Waals surface area contributed by atoms with Gasteiger partial charge in [0.1, 0.15) is 5.75 Å². The van der Waals surface area contributed by atoms with Gasteiger partial charge in [-0.3, -0.25) is 4.79 Å². The van der Waals surface area contributed by atoms with Gasteiger partial charge in [-0.1, -0.05) is 58.1 Å². The molecule has 1 aromatic carbocycles. The molecule has 0 radical (unpaired) electrons. The topological polar surface area (TPSA) is 53.1 Å². The lowest BCUT2D eigenvalue weighted by molar-refractivity contribution is 0.101. The number of hydrogen-bond donors (Lipinski definition) is 2. The monoisotopic (exact) mass is 365 g/mol. The fourth-order valence-electron chi connectivity index (χ4n) is 2.79. The summed E-state index contributed by atoms with van der Waals surface area (Å²) in [4.78, 5) is 15.3. The van der Waals surface area contributed by atoms with Crippen molar-refractivity contribution in [3.63, 3.8) is 0 Å². The SMILES string of the molecule is C=C(/C=C(\C=C/C)c1cc(C(C)=O)c(CCC)[nH]1)c1cccc(O)c1.CC. The van der Waals surface area contributed by atoms with Gasteiger partial charge in [-0.15, -0.1) is 0 Å². The number of Topliss-reactive ketones (excluding diaryl/α,β-unsaturated/α-hetero) is 1. The average Bonchev–Trinajstić information content (AvgIpc) is 3.07. The smallest absolute Gasteiger partial charge is 0.161 e. The first kappa shape index (κ1) is 22.2. The molecule has 0 aliphatic carbocycles. The molecule has 0 saturated carbocycles. The largest absolute Gasteiger partial charge is 0.508 e. The Bertz CT molecular complexity index is 838. The van der Waals surface area contributed by atoms with E-state index in [1.165, 1.54) is 0 Å². The first-order chi connectivity index (χ1) is 13.0. The van der Waals surface area contributed by atoms with Crippen molar-refractivity contribution in [2.24, 2.45) is 0 Å². The normalized spacial score (nSPS) is 11.2. The Labute approximate surface area is 163 Å². The number of carbonyl (C=O) groups excluding carboxylic acids is 1.